The molecule has 7 nitrogen and oxygen atoms in total. The number of para-hydroxylation sites is 1. The molecule has 166 valence electrons. The van der Waals surface area contributed by atoms with Crippen LogP contribution >= 0.6 is 11.8 Å². The molecule has 0 saturated heterocycles. The number of hydrogen-bond acceptors (Lipinski definition) is 5. The van der Waals surface area contributed by atoms with Crippen LogP contribution < -0.4 is 10.9 Å². The Labute approximate surface area is 186 Å². The summed E-state index contributed by atoms with van der Waals surface area (Å²) in [7, 11) is 0. The number of carbonyl (C=O) groups is 1. The molecule has 1 atom stereocenters. The van der Waals surface area contributed by atoms with E-state index in [-0.39, 0.29) is 16.7 Å². The van der Waals surface area contributed by atoms with Crippen molar-refractivity contribution < 1.29 is 4.79 Å². The van der Waals surface area contributed by atoms with Crippen molar-refractivity contribution in [2.75, 3.05) is 6.54 Å². The number of fused-ring (bicyclic) bond motifs is 3. The summed E-state index contributed by atoms with van der Waals surface area (Å²) in [5.41, 5.74) is 0.733. The lowest BCUT2D eigenvalue weighted by Crippen LogP contribution is -2.35. The third-order valence-corrected chi connectivity index (χ3v) is 7.20. The number of benzene rings is 1. The maximum atomic E-state index is 13.0. The van der Waals surface area contributed by atoms with E-state index in [9.17, 15) is 9.59 Å². The molecule has 1 fully saturated rings. The van der Waals surface area contributed by atoms with Crippen LogP contribution in [0.4, 0.5) is 0 Å². The quantitative estimate of drug-likeness (QED) is 0.534. The third-order valence-electron chi connectivity index (χ3n) is 6.15. The van der Waals surface area contributed by atoms with Gasteiger partial charge in [-0.3, -0.25) is 18.6 Å². The van der Waals surface area contributed by atoms with Crippen LogP contribution in [0.15, 0.2) is 34.2 Å². The van der Waals surface area contributed by atoms with E-state index in [0.29, 0.717) is 28.8 Å². The van der Waals surface area contributed by atoms with Crippen molar-refractivity contribution in [1.82, 2.24) is 24.5 Å². The van der Waals surface area contributed by atoms with E-state index in [1.807, 2.05) is 35.6 Å². The maximum Gasteiger partial charge on any atom is 0.262 e. The minimum absolute atomic E-state index is 0.0240. The van der Waals surface area contributed by atoms with E-state index in [1.54, 1.807) is 4.57 Å². The van der Waals surface area contributed by atoms with Crippen LogP contribution in [-0.2, 0) is 11.3 Å². The smallest absolute Gasteiger partial charge is 0.262 e. The van der Waals surface area contributed by atoms with E-state index < -0.39 is 0 Å². The normalized spacial score (nSPS) is 16.1. The van der Waals surface area contributed by atoms with Crippen LogP contribution in [0.1, 0.15) is 58.8 Å². The Bertz CT molecular complexity index is 1120. The van der Waals surface area contributed by atoms with Gasteiger partial charge in [-0.2, -0.15) is 0 Å². The number of nitrogens with zero attached hydrogens (tertiary/aromatic N) is 4. The zero-order chi connectivity index (χ0) is 21.8. The predicted octanol–water partition coefficient (Wildman–Crippen LogP) is 4.02. The second-order valence-electron chi connectivity index (χ2n) is 8.45. The van der Waals surface area contributed by atoms with E-state index in [2.05, 4.69) is 22.4 Å². The molecule has 1 unspecified atom stereocenters. The molecule has 1 amide bonds. The number of rotatable bonds is 8. The first-order valence-corrected chi connectivity index (χ1v) is 12.3. The molecule has 1 aliphatic rings. The summed E-state index contributed by atoms with van der Waals surface area (Å²) in [6.07, 6.45) is 8.14. The summed E-state index contributed by atoms with van der Waals surface area (Å²) < 4.78 is 3.62. The van der Waals surface area contributed by atoms with Gasteiger partial charge in [0.25, 0.3) is 5.56 Å². The van der Waals surface area contributed by atoms with Gasteiger partial charge in [-0.25, -0.2) is 0 Å². The van der Waals surface area contributed by atoms with Gasteiger partial charge in [0.1, 0.15) is 0 Å². The number of thioether (sulfide) groups is 1. The molecule has 3 aromatic rings. The van der Waals surface area contributed by atoms with Gasteiger partial charge in [-0.1, -0.05) is 56.5 Å². The minimum Gasteiger partial charge on any atom is -0.355 e. The zero-order valence-corrected chi connectivity index (χ0v) is 19.2. The molecular weight excluding hydrogens is 410 g/mol. The molecule has 31 heavy (non-hydrogen) atoms. The Morgan fingerprint density at radius 1 is 1.23 bits per heavy atom. The van der Waals surface area contributed by atoms with Crippen LogP contribution in [-0.4, -0.2) is 36.9 Å². The van der Waals surface area contributed by atoms with E-state index in [1.165, 1.54) is 43.9 Å². The summed E-state index contributed by atoms with van der Waals surface area (Å²) >= 11 is 1.39. The number of unbranched alkanes of at least 4 members (excludes halogenated alkanes) is 1. The molecular formula is C23H31N5O2S. The first kappa shape index (κ1) is 21.9. The lowest BCUT2D eigenvalue weighted by Gasteiger charge is -2.22. The van der Waals surface area contributed by atoms with Crippen LogP contribution in [0.3, 0.4) is 0 Å². The Morgan fingerprint density at radius 3 is 2.77 bits per heavy atom. The van der Waals surface area contributed by atoms with Crippen molar-refractivity contribution in [3.8, 4) is 0 Å². The fourth-order valence-corrected chi connectivity index (χ4v) is 5.20. The first-order chi connectivity index (χ1) is 15.1. The molecule has 2 aromatic heterocycles. The first-order valence-electron chi connectivity index (χ1n) is 11.4. The Morgan fingerprint density at radius 2 is 2.00 bits per heavy atom. The Kier molecular flexibility index (Phi) is 6.95. The van der Waals surface area contributed by atoms with Crippen LogP contribution in [0.2, 0.25) is 0 Å². The summed E-state index contributed by atoms with van der Waals surface area (Å²) in [6, 6.07) is 7.54. The second-order valence-corrected chi connectivity index (χ2v) is 9.76. The van der Waals surface area contributed by atoms with Crippen molar-refractivity contribution >= 4 is 34.3 Å². The van der Waals surface area contributed by atoms with Crippen molar-refractivity contribution in [2.24, 2.45) is 5.92 Å². The number of aryl methyl sites for hydroxylation is 1. The monoisotopic (exact) mass is 441 g/mol. The van der Waals surface area contributed by atoms with Crippen LogP contribution in [0.25, 0.3) is 16.7 Å². The highest BCUT2D eigenvalue weighted by molar-refractivity contribution is 8.00. The number of carbonyl (C=O) groups excluding carboxylic acids is 1. The highest BCUT2D eigenvalue weighted by atomic mass is 32.2. The van der Waals surface area contributed by atoms with E-state index in [4.69, 9.17) is 0 Å². The molecule has 0 aliphatic heterocycles. The van der Waals surface area contributed by atoms with Crippen molar-refractivity contribution in [1.29, 1.82) is 0 Å². The lowest BCUT2D eigenvalue weighted by atomic mass is 9.89. The molecule has 1 aliphatic carbocycles. The van der Waals surface area contributed by atoms with Gasteiger partial charge in [0.15, 0.2) is 5.16 Å². The standard InChI is InChI=1S/C23H31N5O2S/c1-3-4-14-27-21(30)18-12-8-9-13-19(18)28-22(27)25-26-23(28)31-16(2)20(29)24-15-17-10-6-5-7-11-17/h8-9,12-13,16-17H,3-7,10-11,14-15H2,1-2H3,(H,24,29). The third kappa shape index (κ3) is 4.63. The van der Waals surface area contributed by atoms with Crippen molar-refractivity contribution in [2.45, 2.75) is 75.7 Å². The van der Waals surface area contributed by atoms with Gasteiger partial charge in [-0.15, -0.1) is 10.2 Å². The number of nitrogens with one attached hydrogen (secondary N) is 1. The van der Waals surface area contributed by atoms with E-state index in [0.717, 1.165) is 24.9 Å². The Hall–Kier alpha value is -2.35. The fourth-order valence-electron chi connectivity index (χ4n) is 4.32. The van der Waals surface area contributed by atoms with Gasteiger partial charge < -0.3 is 5.32 Å². The van der Waals surface area contributed by atoms with Crippen LogP contribution in [0, 0.1) is 5.92 Å². The second kappa shape index (κ2) is 9.85. The molecule has 0 bridgehead atoms. The summed E-state index contributed by atoms with van der Waals surface area (Å²) in [6.45, 7) is 5.35. The summed E-state index contributed by atoms with van der Waals surface area (Å²) in [5, 5.41) is 12.8. The highest BCUT2D eigenvalue weighted by Gasteiger charge is 2.22. The van der Waals surface area contributed by atoms with Gasteiger partial charge in [0, 0.05) is 13.1 Å². The molecule has 2 heterocycles. The van der Waals surface area contributed by atoms with E-state index >= 15 is 0 Å². The minimum atomic E-state index is -0.300. The highest BCUT2D eigenvalue weighted by Crippen LogP contribution is 2.26. The molecule has 4 rings (SSSR count). The van der Waals surface area contributed by atoms with Gasteiger partial charge in [-0.05, 0) is 44.2 Å². The SMILES string of the molecule is CCCCn1c(=O)c2ccccc2n2c(SC(C)C(=O)NCC3CCCCC3)nnc12. The molecule has 0 radical (unpaired) electrons. The van der Waals surface area contributed by atoms with Gasteiger partial charge >= 0.3 is 0 Å². The number of amides is 1. The average molecular weight is 442 g/mol. The fraction of sp³-hybridized carbons (Fsp3) is 0.565. The number of aromatic nitrogens is 4. The molecule has 8 heteroatoms. The number of hydrogen-bond donors (Lipinski definition) is 1. The zero-order valence-electron chi connectivity index (χ0n) is 18.3. The lowest BCUT2D eigenvalue weighted by molar-refractivity contribution is -0.120. The summed E-state index contributed by atoms with van der Waals surface area (Å²) in [5.74, 6) is 1.16. The topological polar surface area (TPSA) is 81.3 Å². The van der Waals surface area contributed by atoms with Crippen molar-refractivity contribution in [3.63, 3.8) is 0 Å². The molecule has 1 saturated carbocycles. The van der Waals surface area contributed by atoms with Gasteiger partial charge in [0.05, 0.1) is 16.2 Å². The molecule has 0 spiro atoms. The largest absolute Gasteiger partial charge is 0.355 e. The van der Waals surface area contributed by atoms with Crippen molar-refractivity contribution in [3.05, 3.63) is 34.6 Å². The predicted molar refractivity (Wildman–Crippen MR) is 125 cm³/mol. The Balaban J connectivity index is 1.59. The summed E-state index contributed by atoms with van der Waals surface area (Å²) in [4.78, 5) is 25.8. The average Bonchev–Trinajstić information content (AvgIpc) is 3.21. The maximum absolute atomic E-state index is 13.0. The van der Waals surface area contributed by atoms with Crippen LogP contribution in [0.5, 0.6) is 0 Å². The molecule has 1 N–H and O–H groups in total. The molecule has 1 aromatic carbocycles. The van der Waals surface area contributed by atoms with Gasteiger partial charge in [0.2, 0.25) is 11.7 Å².